The van der Waals surface area contributed by atoms with E-state index >= 15 is 0 Å². The summed E-state index contributed by atoms with van der Waals surface area (Å²) in [6.07, 6.45) is 0. The van der Waals surface area contributed by atoms with Crippen molar-refractivity contribution in [1.82, 2.24) is 10.6 Å². The van der Waals surface area contributed by atoms with Crippen molar-refractivity contribution in [3.8, 4) is 0 Å². The van der Waals surface area contributed by atoms with Gasteiger partial charge in [-0.15, -0.1) is 12.4 Å². The smallest absolute Gasteiger partial charge is 0.336 e. The number of esters is 2. The quantitative estimate of drug-likeness (QED) is 0.307. The van der Waals surface area contributed by atoms with Crippen molar-refractivity contribution in [2.45, 2.75) is 26.7 Å². The molecule has 0 saturated heterocycles. The van der Waals surface area contributed by atoms with Crippen LogP contribution in [0.3, 0.4) is 0 Å². The highest BCUT2D eigenvalue weighted by Gasteiger charge is 2.39. The Hall–Kier alpha value is -3.05. The van der Waals surface area contributed by atoms with Crippen LogP contribution in [-0.2, 0) is 19.1 Å². The minimum absolute atomic E-state index is 0. The van der Waals surface area contributed by atoms with Crippen LogP contribution in [-0.4, -0.2) is 54.1 Å². The highest BCUT2D eigenvalue weighted by Crippen LogP contribution is 2.41. The Morgan fingerprint density at radius 3 is 2.47 bits per heavy atom. The van der Waals surface area contributed by atoms with Crippen LogP contribution in [0, 0.1) is 10.1 Å². The number of nitro benzene ring substituents is 1. The van der Waals surface area contributed by atoms with Crippen molar-refractivity contribution in [3.63, 3.8) is 0 Å². The third-order valence-electron chi connectivity index (χ3n) is 5.05. The van der Waals surface area contributed by atoms with E-state index < -0.39 is 22.8 Å². The lowest BCUT2D eigenvalue weighted by atomic mass is 9.80. The summed E-state index contributed by atoms with van der Waals surface area (Å²) in [6, 6.07) is 5.92. The molecule has 1 unspecified atom stereocenters. The Morgan fingerprint density at radius 2 is 1.88 bits per heavy atom. The van der Waals surface area contributed by atoms with E-state index in [0.29, 0.717) is 29.3 Å². The highest BCUT2D eigenvalue weighted by atomic mass is 35.5. The first kappa shape index (κ1) is 27.2. The molecule has 2 N–H and O–H groups in total. The third kappa shape index (κ3) is 6.09. The van der Waals surface area contributed by atoms with Gasteiger partial charge in [-0.25, -0.2) is 9.59 Å². The zero-order chi connectivity index (χ0) is 24.0. The number of benzene rings is 1. The summed E-state index contributed by atoms with van der Waals surface area (Å²) in [7, 11) is 0. The average Bonchev–Trinajstić information content (AvgIpc) is 3.31. The number of nitrogens with zero attached hydrogens (tertiary/aromatic N) is 2. The fourth-order valence-corrected chi connectivity index (χ4v) is 4.60. The number of allylic oxidation sites excluding steroid dienone is 1. The number of rotatable bonds is 8. The first-order valence-electron chi connectivity index (χ1n) is 10.6. The molecule has 0 fully saturated rings. The van der Waals surface area contributed by atoms with Crippen LogP contribution in [0.1, 0.15) is 32.3 Å². The SMILES string of the molecule is CCOC(=O)C1=C(C)NC(CSC2=NCCN2)=C(C(=O)OCC)C1c1cccc([N+](=O)[O-])c1.Cl. The molecular weight excluding hydrogens is 484 g/mol. The molecule has 10 nitrogen and oxygen atoms in total. The number of amidine groups is 1. The van der Waals surface area contributed by atoms with Gasteiger partial charge in [-0.3, -0.25) is 15.1 Å². The van der Waals surface area contributed by atoms with Crippen molar-refractivity contribution in [3.05, 3.63) is 62.5 Å². The van der Waals surface area contributed by atoms with Crippen molar-refractivity contribution < 1.29 is 24.0 Å². The number of nitro groups is 1. The van der Waals surface area contributed by atoms with Gasteiger partial charge < -0.3 is 20.1 Å². The van der Waals surface area contributed by atoms with E-state index in [9.17, 15) is 19.7 Å². The van der Waals surface area contributed by atoms with E-state index in [1.54, 1.807) is 26.8 Å². The number of dihydropyridines is 1. The summed E-state index contributed by atoms with van der Waals surface area (Å²) in [6.45, 7) is 6.81. The Kier molecular flexibility index (Phi) is 9.94. The molecule has 0 aliphatic carbocycles. The van der Waals surface area contributed by atoms with Crippen LogP contribution in [0.15, 0.2) is 51.8 Å². The number of halogens is 1. The Bertz CT molecular complexity index is 1060. The maximum atomic E-state index is 13.2. The highest BCUT2D eigenvalue weighted by molar-refractivity contribution is 8.14. The summed E-state index contributed by atoms with van der Waals surface area (Å²) in [5.74, 6) is -1.74. The number of non-ortho nitro benzene ring substituents is 1. The summed E-state index contributed by atoms with van der Waals surface area (Å²) < 4.78 is 10.6. The van der Waals surface area contributed by atoms with Crippen molar-refractivity contribution in [1.29, 1.82) is 0 Å². The van der Waals surface area contributed by atoms with E-state index in [1.807, 2.05) is 0 Å². The van der Waals surface area contributed by atoms with E-state index in [0.717, 1.165) is 11.7 Å². The number of nitrogens with one attached hydrogen (secondary N) is 2. The maximum Gasteiger partial charge on any atom is 0.336 e. The lowest BCUT2D eigenvalue weighted by molar-refractivity contribution is -0.384. The molecule has 12 heteroatoms. The molecule has 0 amide bonds. The fraction of sp³-hybridized carbons (Fsp3) is 0.409. The number of ether oxygens (including phenoxy) is 2. The summed E-state index contributed by atoms with van der Waals surface area (Å²) in [5.41, 5.74) is 1.78. The number of hydrogen-bond donors (Lipinski definition) is 2. The fourth-order valence-electron chi connectivity index (χ4n) is 3.70. The van der Waals surface area contributed by atoms with Crippen LogP contribution >= 0.6 is 24.2 Å². The molecule has 184 valence electrons. The predicted molar refractivity (Wildman–Crippen MR) is 132 cm³/mol. The Balaban J connectivity index is 0.00000408. The Labute approximate surface area is 207 Å². The van der Waals surface area contributed by atoms with E-state index in [1.165, 1.54) is 30.0 Å². The molecule has 34 heavy (non-hydrogen) atoms. The number of hydrogen-bond acceptors (Lipinski definition) is 10. The van der Waals surface area contributed by atoms with Gasteiger partial charge in [0, 0.05) is 35.8 Å². The standard InChI is InChI=1S/C22H26N4O6S.ClH/c1-4-31-20(27)17-13(3)25-16(12-33-22-23-9-10-24-22)19(21(28)32-5-2)18(17)14-7-6-8-15(11-14)26(29)30;/h6-8,11,18,25H,4-5,9-10,12H2,1-3H3,(H,23,24);1H. The molecule has 3 rings (SSSR count). The lowest BCUT2D eigenvalue weighted by Gasteiger charge is -2.31. The first-order chi connectivity index (χ1) is 15.9. The van der Waals surface area contributed by atoms with Crippen molar-refractivity contribution in [2.24, 2.45) is 4.99 Å². The minimum Gasteiger partial charge on any atom is -0.463 e. The van der Waals surface area contributed by atoms with Crippen LogP contribution < -0.4 is 10.6 Å². The van der Waals surface area contributed by atoms with Crippen molar-refractivity contribution in [2.75, 3.05) is 32.1 Å². The van der Waals surface area contributed by atoms with Crippen LogP contribution in [0.4, 0.5) is 5.69 Å². The largest absolute Gasteiger partial charge is 0.463 e. The van der Waals surface area contributed by atoms with E-state index in [4.69, 9.17) is 9.47 Å². The van der Waals surface area contributed by atoms with Gasteiger partial charge in [-0.2, -0.15) is 0 Å². The van der Waals surface area contributed by atoms with E-state index in [2.05, 4.69) is 15.6 Å². The summed E-state index contributed by atoms with van der Waals surface area (Å²) >= 11 is 1.42. The lowest BCUT2D eigenvalue weighted by Crippen LogP contribution is -2.34. The molecule has 0 saturated carbocycles. The predicted octanol–water partition coefficient (Wildman–Crippen LogP) is 3.05. The van der Waals surface area contributed by atoms with Gasteiger partial charge in [0.1, 0.15) is 0 Å². The van der Waals surface area contributed by atoms with Gasteiger partial charge in [-0.05, 0) is 26.3 Å². The van der Waals surface area contributed by atoms with Gasteiger partial charge in [0.15, 0.2) is 5.17 Å². The topological polar surface area (TPSA) is 132 Å². The summed E-state index contributed by atoms with van der Waals surface area (Å²) in [4.78, 5) is 41.4. The number of carbonyl (C=O) groups is 2. The Morgan fingerprint density at radius 1 is 1.21 bits per heavy atom. The monoisotopic (exact) mass is 510 g/mol. The molecule has 1 aromatic rings. The van der Waals surface area contributed by atoms with Gasteiger partial charge in [0.2, 0.25) is 0 Å². The number of thioether (sulfide) groups is 1. The number of aliphatic imine (C=N–C) groups is 1. The van der Waals surface area contributed by atoms with E-state index in [-0.39, 0.29) is 42.5 Å². The zero-order valence-electron chi connectivity index (χ0n) is 19.1. The zero-order valence-corrected chi connectivity index (χ0v) is 20.7. The van der Waals surface area contributed by atoms with Gasteiger partial charge >= 0.3 is 11.9 Å². The normalized spacial score (nSPS) is 17.3. The second-order valence-corrected chi connectivity index (χ2v) is 8.15. The molecule has 1 aromatic carbocycles. The van der Waals surface area contributed by atoms with Gasteiger partial charge in [0.05, 0.1) is 41.7 Å². The molecule has 1 atom stereocenters. The van der Waals surface area contributed by atoms with Crippen LogP contribution in [0.5, 0.6) is 0 Å². The minimum atomic E-state index is -0.890. The molecule has 2 aliphatic rings. The molecule has 0 radical (unpaired) electrons. The molecule has 2 heterocycles. The van der Waals surface area contributed by atoms with Gasteiger partial charge in [-0.1, -0.05) is 23.9 Å². The maximum absolute atomic E-state index is 13.2. The van der Waals surface area contributed by atoms with Gasteiger partial charge in [0.25, 0.3) is 5.69 Å². The average molecular weight is 511 g/mol. The van der Waals surface area contributed by atoms with Crippen molar-refractivity contribution >= 4 is 47.0 Å². The number of carbonyl (C=O) groups excluding carboxylic acids is 2. The molecule has 2 aliphatic heterocycles. The second kappa shape index (κ2) is 12.4. The van der Waals surface area contributed by atoms with Crippen LogP contribution in [0.2, 0.25) is 0 Å². The third-order valence-corrected chi connectivity index (χ3v) is 6.03. The molecule has 0 bridgehead atoms. The molecule has 0 spiro atoms. The van der Waals surface area contributed by atoms with Crippen LogP contribution in [0.25, 0.3) is 0 Å². The molecule has 0 aromatic heterocycles. The first-order valence-corrected chi connectivity index (χ1v) is 11.6. The summed E-state index contributed by atoms with van der Waals surface area (Å²) in [5, 5.41) is 18.5. The molecular formula is C22H27ClN4O6S. The second-order valence-electron chi connectivity index (χ2n) is 7.18.